The van der Waals surface area contributed by atoms with Crippen molar-refractivity contribution in [3.05, 3.63) is 29.8 Å². The summed E-state index contributed by atoms with van der Waals surface area (Å²) in [6, 6.07) is 10.3. The second-order valence-corrected chi connectivity index (χ2v) is 5.12. The lowest BCUT2D eigenvalue weighted by atomic mass is 10.1. The maximum atomic E-state index is 8.45. The lowest BCUT2D eigenvalue weighted by molar-refractivity contribution is 0.312. The summed E-state index contributed by atoms with van der Waals surface area (Å²) < 4.78 is 5.61. The zero-order valence-electron chi connectivity index (χ0n) is 12.0. The molecule has 1 N–H and O–H groups in total. The Labute approximate surface area is 116 Å². The normalized spacial score (nSPS) is 10.4. The molecule has 1 rings (SSSR count). The molecule has 0 aliphatic carbocycles. The molecule has 3 heteroatoms. The van der Waals surface area contributed by atoms with Gasteiger partial charge < -0.3 is 10.1 Å². The molecule has 0 saturated heterocycles. The predicted molar refractivity (Wildman–Crippen MR) is 77.9 cm³/mol. The fourth-order valence-electron chi connectivity index (χ4n) is 1.71. The molecule has 0 amide bonds. The van der Waals surface area contributed by atoms with Gasteiger partial charge in [0.25, 0.3) is 0 Å². The van der Waals surface area contributed by atoms with Crippen LogP contribution in [-0.4, -0.2) is 13.2 Å². The van der Waals surface area contributed by atoms with E-state index in [1.165, 1.54) is 12.0 Å². The van der Waals surface area contributed by atoms with Gasteiger partial charge in [0.15, 0.2) is 0 Å². The van der Waals surface area contributed by atoms with Gasteiger partial charge in [0.05, 0.1) is 12.7 Å². The van der Waals surface area contributed by atoms with Gasteiger partial charge in [0, 0.05) is 13.0 Å². The fourth-order valence-corrected chi connectivity index (χ4v) is 1.71. The number of nitrogens with one attached hydrogen (secondary N) is 1. The van der Waals surface area contributed by atoms with Crippen molar-refractivity contribution in [2.45, 2.75) is 39.7 Å². The molecule has 0 fully saturated rings. The molecule has 0 aromatic heterocycles. The number of nitriles is 1. The molecular weight excluding hydrogens is 236 g/mol. The Bertz CT molecular complexity index is 396. The van der Waals surface area contributed by atoms with Crippen LogP contribution in [0.4, 0.5) is 0 Å². The van der Waals surface area contributed by atoms with Crippen LogP contribution in [0.15, 0.2) is 24.3 Å². The van der Waals surface area contributed by atoms with Gasteiger partial charge in [0.2, 0.25) is 0 Å². The van der Waals surface area contributed by atoms with E-state index < -0.39 is 0 Å². The molecular formula is C16H24N2O. The van der Waals surface area contributed by atoms with E-state index >= 15 is 0 Å². The first-order valence-corrected chi connectivity index (χ1v) is 7.01. The van der Waals surface area contributed by atoms with Crippen LogP contribution in [0.25, 0.3) is 0 Å². The predicted octanol–water partition coefficient (Wildman–Crippen LogP) is 3.50. The quantitative estimate of drug-likeness (QED) is 0.691. The first-order chi connectivity index (χ1) is 9.22. The Kier molecular flexibility index (Phi) is 7.69. The molecule has 104 valence electrons. The van der Waals surface area contributed by atoms with Gasteiger partial charge in [-0.1, -0.05) is 26.0 Å². The second kappa shape index (κ2) is 9.41. The second-order valence-electron chi connectivity index (χ2n) is 5.12. The summed E-state index contributed by atoms with van der Waals surface area (Å²) in [6.07, 6.45) is 2.54. The maximum Gasteiger partial charge on any atom is 0.119 e. The summed E-state index contributed by atoms with van der Waals surface area (Å²) in [5, 5.41) is 11.9. The van der Waals surface area contributed by atoms with Crippen molar-refractivity contribution in [1.29, 1.82) is 5.26 Å². The van der Waals surface area contributed by atoms with Gasteiger partial charge in [-0.15, -0.1) is 0 Å². The Morgan fingerprint density at radius 3 is 2.95 bits per heavy atom. The average Bonchev–Trinajstić information content (AvgIpc) is 2.40. The minimum absolute atomic E-state index is 0.552. The van der Waals surface area contributed by atoms with E-state index in [0.29, 0.717) is 13.0 Å². The number of ether oxygens (including phenoxy) is 1. The van der Waals surface area contributed by atoms with Crippen molar-refractivity contribution in [3.63, 3.8) is 0 Å². The Morgan fingerprint density at radius 1 is 1.37 bits per heavy atom. The number of benzene rings is 1. The van der Waals surface area contributed by atoms with Gasteiger partial charge in [-0.25, -0.2) is 0 Å². The Morgan fingerprint density at radius 2 is 2.21 bits per heavy atom. The highest BCUT2D eigenvalue weighted by molar-refractivity contribution is 5.28. The van der Waals surface area contributed by atoms with E-state index in [-0.39, 0.29) is 0 Å². The minimum atomic E-state index is 0.552. The zero-order valence-corrected chi connectivity index (χ0v) is 12.0. The molecule has 0 bridgehead atoms. The Balaban J connectivity index is 2.29. The molecule has 0 aliphatic rings. The van der Waals surface area contributed by atoms with Crippen LogP contribution in [-0.2, 0) is 6.54 Å². The topological polar surface area (TPSA) is 45.0 Å². The molecule has 0 radical (unpaired) electrons. The number of rotatable bonds is 9. The number of unbranched alkanes of at least 4 members (excludes halogenated alkanes) is 1. The molecule has 19 heavy (non-hydrogen) atoms. The van der Waals surface area contributed by atoms with Crippen molar-refractivity contribution in [1.82, 2.24) is 5.32 Å². The molecule has 0 spiro atoms. The summed E-state index contributed by atoms with van der Waals surface area (Å²) in [6.45, 7) is 7.00. The number of hydrogen-bond donors (Lipinski definition) is 1. The SMILES string of the molecule is CC(C)CCNCc1cccc(OCCCC#N)c1. The molecule has 1 aromatic rings. The third-order valence-corrected chi connectivity index (χ3v) is 2.83. The number of nitrogens with zero attached hydrogens (tertiary/aromatic N) is 1. The molecule has 0 unspecified atom stereocenters. The first kappa shape index (κ1) is 15.5. The van der Waals surface area contributed by atoms with Crippen LogP contribution in [0.1, 0.15) is 38.7 Å². The summed E-state index contributed by atoms with van der Waals surface area (Å²) in [5.41, 5.74) is 1.24. The molecule has 0 atom stereocenters. The van der Waals surface area contributed by atoms with Crippen molar-refractivity contribution >= 4 is 0 Å². The smallest absolute Gasteiger partial charge is 0.119 e. The summed E-state index contributed by atoms with van der Waals surface area (Å²) in [5.74, 6) is 1.63. The molecule has 0 heterocycles. The highest BCUT2D eigenvalue weighted by Gasteiger charge is 1.98. The van der Waals surface area contributed by atoms with Crippen molar-refractivity contribution in [3.8, 4) is 11.8 Å². The van der Waals surface area contributed by atoms with Crippen molar-refractivity contribution in [2.75, 3.05) is 13.2 Å². The first-order valence-electron chi connectivity index (χ1n) is 7.01. The summed E-state index contributed by atoms with van der Waals surface area (Å²) in [7, 11) is 0. The summed E-state index contributed by atoms with van der Waals surface area (Å²) in [4.78, 5) is 0. The van der Waals surface area contributed by atoms with Crippen molar-refractivity contribution in [2.24, 2.45) is 5.92 Å². The average molecular weight is 260 g/mol. The standard InChI is InChI=1S/C16H24N2O/c1-14(2)8-10-18-13-15-6-5-7-16(12-15)19-11-4-3-9-17/h5-7,12,14,18H,3-4,8,10-11,13H2,1-2H3. The van der Waals surface area contributed by atoms with E-state index in [9.17, 15) is 0 Å². The van der Waals surface area contributed by atoms with Crippen LogP contribution < -0.4 is 10.1 Å². The third-order valence-electron chi connectivity index (χ3n) is 2.83. The van der Waals surface area contributed by atoms with Crippen LogP contribution in [0.2, 0.25) is 0 Å². The van der Waals surface area contributed by atoms with Crippen LogP contribution >= 0.6 is 0 Å². The van der Waals surface area contributed by atoms with Gasteiger partial charge in [-0.2, -0.15) is 5.26 Å². The van der Waals surface area contributed by atoms with Gasteiger partial charge in [-0.3, -0.25) is 0 Å². The lowest BCUT2D eigenvalue weighted by Gasteiger charge is -2.09. The van der Waals surface area contributed by atoms with E-state index in [1.807, 2.05) is 12.1 Å². The van der Waals surface area contributed by atoms with Crippen LogP contribution in [0, 0.1) is 17.2 Å². The van der Waals surface area contributed by atoms with Gasteiger partial charge in [-0.05, 0) is 43.0 Å². The van der Waals surface area contributed by atoms with Crippen molar-refractivity contribution < 1.29 is 4.74 Å². The molecule has 0 saturated carbocycles. The summed E-state index contributed by atoms with van der Waals surface area (Å²) >= 11 is 0. The largest absolute Gasteiger partial charge is 0.494 e. The zero-order chi connectivity index (χ0) is 13.9. The number of hydrogen-bond acceptors (Lipinski definition) is 3. The lowest BCUT2D eigenvalue weighted by Crippen LogP contribution is -2.16. The highest BCUT2D eigenvalue weighted by Crippen LogP contribution is 2.13. The maximum absolute atomic E-state index is 8.45. The van der Waals surface area contributed by atoms with Crippen LogP contribution in [0.5, 0.6) is 5.75 Å². The molecule has 0 aliphatic heterocycles. The highest BCUT2D eigenvalue weighted by atomic mass is 16.5. The minimum Gasteiger partial charge on any atom is -0.494 e. The van der Waals surface area contributed by atoms with E-state index in [1.54, 1.807) is 0 Å². The Hall–Kier alpha value is -1.53. The van der Waals surface area contributed by atoms with Gasteiger partial charge >= 0.3 is 0 Å². The monoisotopic (exact) mass is 260 g/mol. The van der Waals surface area contributed by atoms with E-state index in [2.05, 4.69) is 37.4 Å². The molecule has 1 aromatic carbocycles. The molecule has 3 nitrogen and oxygen atoms in total. The van der Waals surface area contributed by atoms with Crippen LogP contribution in [0.3, 0.4) is 0 Å². The third kappa shape index (κ3) is 7.48. The van der Waals surface area contributed by atoms with E-state index in [0.717, 1.165) is 31.2 Å². The van der Waals surface area contributed by atoms with Gasteiger partial charge in [0.1, 0.15) is 5.75 Å². The fraction of sp³-hybridized carbons (Fsp3) is 0.562. The van der Waals surface area contributed by atoms with E-state index in [4.69, 9.17) is 10.00 Å².